The Hall–Kier alpha value is -2.10. The van der Waals surface area contributed by atoms with Gasteiger partial charge in [0.15, 0.2) is 5.65 Å². The fourth-order valence-corrected chi connectivity index (χ4v) is 2.63. The Bertz CT molecular complexity index is 755. The molecule has 0 unspecified atom stereocenters. The molecule has 0 saturated heterocycles. The standard InChI is InChI=1S/C15H16N4/c1-10-9-14-17-15(16-11-5-4-6-11)12-7-2-3-8-13(12)19(14)18-10/h2-3,7-9,11H,4-6H2,1H3,(H,16,17). The summed E-state index contributed by atoms with van der Waals surface area (Å²) in [5.41, 5.74) is 3.03. The van der Waals surface area contributed by atoms with Gasteiger partial charge in [0.1, 0.15) is 5.82 Å². The predicted octanol–water partition coefficient (Wildman–Crippen LogP) is 3.16. The summed E-state index contributed by atoms with van der Waals surface area (Å²) in [6.45, 7) is 2.00. The van der Waals surface area contributed by atoms with Crippen LogP contribution in [0, 0.1) is 6.92 Å². The van der Waals surface area contributed by atoms with Gasteiger partial charge in [-0.25, -0.2) is 9.50 Å². The van der Waals surface area contributed by atoms with Crippen LogP contribution in [0.2, 0.25) is 0 Å². The van der Waals surface area contributed by atoms with Crippen LogP contribution >= 0.6 is 0 Å². The van der Waals surface area contributed by atoms with E-state index in [0.717, 1.165) is 28.1 Å². The number of rotatable bonds is 2. The van der Waals surface area contributed by atoms with E-state index in [2.05, 4.69) is 28.6 Å². The minimum atomic E-state index is 0.586. The van der Waals surface area contributed by atoms with Crippen molar-refractivity contribution in [1.29, 1.82) is 0 Å². The minimum absolute atomic E-state index is 0.586. The number of nitrogens with zero attached hydrogens (tertiary/aromatic N) is 3. The molecular weight excluding hydrogens is 236 g/mol. The molecule has 3 aromatic rings. The smallest absolute Gasteiger partial charge is 0.158 e. The first-order chi connectivity index (χ1) is 9.31. The van der Waals surface area contributed by atoms with E-state index in [-0.39, 0.29) is 0 Å². The van der Waals surface area contributed by atoms with Gasteiger partial charge in [0.05, 0.1) is 11.2 Å². The highest BCUT2D eigenvalue weighted by Crippen LogP contribution is 2.28. The third-order valence-electron chi connectivity index (χ3n) is 3.87. The summed E-state index contributed by atoms with van der Waals surface area (Å²) in [6.07, 6.45) is 3.82. The molecule has 0 radical (unpaired) electrons. The zero-order valence-corrected chi connectivity index (χ0v) is 10.9. The number of aromatic nitrogens is 3. The zero-order valence-electron chi connectivity index (χ0n) is 10.9. The first-order valence-electron chi connectivity index (χ1n) is 6.83. The van der Waals surface area contributed by atoms with Gasteiger partial charge in [-0.05, 0) is 38.3 Å². The Labute approximate surface area is 111 Å². The summed E-state index contributed by atoms with van der Waals surface area (Å²) in [7, 11) is 0. The molecule has 1 aliphatic rings. The van der Waals surface area contributed by atoms with Gasteiger partial charge in [0.25, 0.3) is 0 Å². The van der Waals surface area contributed by atoms with E-state index in [1.54, 1.807) is 0 Å². The van der Waals surface area contributed by atoms with E-state index in [0.29, 0.717) is 6.04 Å². The monoisotopic (exact) mass is 252 g/mol. The third-order valence-corrected chi connectivity index (χ3v) is 3.87. The van der Waals surface area contributed by atoms with Gasteiger partial charge < -0.3 is 5.32 Å². The molecule has 19 heavy (non-hydrogen) atoms. The second-order valence-corrected chi connectivity index (χ2v) is 5.31. The van der Waals surface area contributed by atoms with Gasteiger partial charge in [-0.15, -0.1) is 0 Å². The predicted molar refractivity (Wildman–Crippen MR) is 76.5 cm³/mol. The molecule has 1 saturated carbocycles. The van der Waals surface area contributed by atoms with Gasteiger partial charge in [0, 0.05) is 17.5 Å². The quantitative estimate of drug-likeness (QED) is 0.761. The number of benzene rings is 1. The fraction of sp³-hybridized carbons (Fsp3) is 0.333. The molecule has 1 aromatic carbocycles. The zero-order chi connectivity index (χ0) is 12.8. The number of anilines is 1. The largest absolute Gasteiger partial charge is 0.367 e. The highest BCUT2D eigenvalue weighted by atomic mass is 15.3. The molecule has 1 fully saturated rings. The molecule has 96 valence electrons. The van der Waals surface area contributed by atoms with Crippen LogP contribution in [0.3, 0.4) is 0 Å². The topological polar surface area (TPSA) is 42.2 Å². The summed E-state index contributed by atoms with van der Waals surface area (Å²) in [5.74, 6) is 0.993. The van der Waals surface area contributed by atoms with Crippen molar-refractivity contribution in [3.8, 4) is 0 Å². The Morgan fingerprint density at radius 2 is 2.11 bits per heavy atom. The van der Waals surface area contributed by atoms with Crippen LogP contribution in [0.4, 0.5) is 5.82 Å². The van der Waals surface area contributed by atoms with Crippen molar-refractivity contribution in [3.63, 3.8) is 0 Å². The van der Waals surface area contributed by atoms with Gasteiger partial charge in [-0.1, -0.05) is 12.1 Å². The Morgan fingerprint density at radius 3 is 2.89 bits per heavy atom. The van der Waals surface area contributed by atoms with E-state index >= 15 is 0 Å². The molecule has 0 aliphatic heterocycles. The molecule has 4 nitrogen and oxygen atoms in total. The average Bonchev–Trinajstić information content (AvgIpc) is 2.74. The number of hydrogen-bond acceptors (Lipinski definition) is 3. The fourth-order valence-electron chi connectivity index (χ4n) is 2.63. The van der Waals surface area contributed by atoms with Crippen molar-refractivity contribution in [2.45, 2.75) is 32.2 Å². The second-order valence-electron chi connectivity index (χ2n) is 5.31. The van der Waals surface area contributed by atoms with Crippen molar-refractivity contribution < 1.29 is 0 Å². The first-order valence-corrected chi connectivity index (χ1v) is 6.83. The SMILES string of the molecule is Cc1cc2nc(NC3CCC3)c3ccccc3n2n1. The molecule has 1 aliphatic carbocycles. The van der Waals surface area contributed by atoms with Crippen LogP contribution in [0.1, 0.15) is 25.0 Å². The second kappa shape index (κ2) is 3.95. The lowest BCUT2D eigenvalue weighted by Gasteiger charge is -2.27. The van der Waals surface area contributed by atoms with E-state index in [1.165, 1.54) is 19.3 Å². The van der Waals surface area contributed by atoms with Crippen molar-refractivity contribution in [2.24, 2.45) is 0 Å². The van der Waals surface area contributed by atoms with Crippen molar-refractivity contribution >= 4 is 22.4 Å². The van der Waals surface area contributed by atoms with E-state index in [1.807, 2.05) is 23.6 Å². The Kier molecular flexibility index (Phi) is 2.24. The van der Waals surface area contributed by atoms with Crippen LogP contribution in [-0.2, 0) is 0 Å². The lowest BCUT2D eigenvalue weighted by atomic mass is 9.93. The van der Waals surface area contributed by atoms with Gasteiger partial charge in [-0.3, -0.25) is 0 Å². The Morgan fingerprint density at radius 1 is 1.26 bits per heavy atom. The summed E-state index contributed by atoms with van der Waals surface area (Å²) in [5, 5.41) is 9.24. The molecule has 2 aromatic heterocycles. The average molecular weight is 252 g/mol. The van der Waals surface area contributed by atoms with Crippen LogP contribution in [0.25, 0.3) is 16.6 Å². The van der Waals surface area contributed by atoms with Crippen LogP contribution in [0.5, 0.6) is 0 Å². The lowest BCUT2D eigenvalue weighted by Crippen LogP contribution is -2.27. The maximum Gasteiger partial charge on any atom is 0.158 e. The maximum atomic E-state index is 4.74. The first kappa shape index (κ1) is 10.8. The number of nitrogens with one attached hydrogen (secondary N) is 1. The van der Waals surface area contributed by atoms with E-state index in [4.69, 9.17) is 4.98 Å². The van der Waals surface area contributed by atoms with Crippen LogP contribution < -0.4 is 5.32 Å². The summed E-state index contributed by atoms with van der Waals surface area (Å²) in [6, 6.07) is 10.9. The third kappa shape index (κ3) is 1.67. The van der Waals surface area contributed by atoms with Crippen LogP contribution in [-0.4, -0.2) is 20.6 Å². The number of fused-ring (bicyclic) bond motifs is 3. The molecule has 0 amide bonds. The van der Waals surface area contributed by atoms with Crippen LogP contribution in [0.15, 0.2) is 30.3 Å². The normalized spacial score (nSPS) is 15.8. The molecule has 0 spiro atoms. The van der Waals surface area contributed by atoms with Crippen molar-refractivity contribution in [3.05, 3.63) is 36.0 Å². The molecule has 1 N–H and O–H groups in total. The van der Waals surface area contributed by atoms with E-state index < -0.39 is 0 Å². The molecule has 2 heterocycles. The number of aryl methyl sites for hydroxylation is 1. The van der Waals surface area contributed by atoms with Gasteiger partial charge in [0.2, 0.25) is 0 Å². The molecule has 0 bridgehead atoms. The molecule has 4 heteroatoms. The van der Waals surface area contributed by atoms with E-state index in [9.17, 15) is 0 Å². The molecule has 0 atom stereocenters. The Balaban J connectivity index is 1.97. The highest BCUT2D eigenvalue weighted by molar-refractivity contribution is 5.91. The van der Waals surface area contributed by atoms with Gasteiger partial charge >= 0.3 is 0 Å². The summed E-state index contributed by atoms with van der Waals surface area (Å²) < 4.78 is 1.93. The summed E-state index contributed by atoms with van der Waals surface area (Å²) in [4.78, 5) is 4.74. The minimum Gasteiger partial charge on any atom is -0.367 e. The molecular formula is C15H16N4. The van der Waals surface area contributed by atoms with Gasteiger partial charge in [-0.2, -0.15) is 5.10 Å². The summed E-state index contributed by atoms with van der Waals surface area (Å²) >= 11 is 0. The number of hydrogen-bond donors (Lipinski definition) is 1. The molecule has 4 rings (SSSR count). The lowest BCUT2D eigenvalue weighted by molar-refractivity contribution is 0.445. The van der Waals surface area contributed by atoms with Crippen molar-refractivity contribution in [1.82, 2.24) is 14.6 Å². The maximum absolute atomic E-state index is 4.74. The number of para-hydroxylation sites is 1. The highest BCUT2D eigenvalue weighted by Gasteiger charge is 2.19. The van der Waals surface area contributed by atoms with Crippen molar-refractivity contribution in [2.75, 3.05) is 5.32 Å².